The van der Waals surface area contributed by atoms with Crippen molar-refractivity contribution < 1.29 is 14.3 Å². The van der Waals surface area contributed by atoms with Gasteiger partial charge in [0.15, 0.2) is 0 Å². The summed E-state index contributed by atoms with van der Waals surface area (Å²) < 4.78 is 6.28. The number of benzene rings is 3. The van der Waals surface area contributed by atoms with Gasteiger partial charge in [-0.05, 0) is 59.3 Å². The number of carbonyl (C=O) groups is 2. The zero-order chi connectivity index (χ0) is 21.1. The highest BCUT2D eigenvalue weighted by molar-refractivity contribution is 9.10. The molecule has 148 valence electrons. The van der Waals surface area contributed by atoms with Gasteiger partial charge in [-0.25, -0.2) is 4.79 Å². The highest BCUT2D eigenvalue weighted by atomic mass is 79.9. The van der Waals surface area contributed by atoms with E-state index in [4.69, 9.17) is 4.74 Å². The Morgan fingerprint density at radius 1 is 0.967 bits per heavy atom. The number of hydrazone groups is 1. The van der Waals surface area contributed by atoms with Crippen molar-refractivity contribution in [1.29, 1.82) is 0 Å². The lowest BCUT2D eigenvalue weighted by Crippen LogP contribution is -2.21. The van der Waals surface area contributed by atoms with Crippen LogP contribution in [-0.4, -0.2) is 17.6 Å². The molecule has 3 aromatic rings. The summed E-state index contributed by atoms with van der Waals surface area (Å²) in [6.45, 7) is 1.78. The number of amides is 1. The Morgan fingerprint density at radius 3 is 2.40 bits per heavy atom. The van der Waals surface area contributed by atoms with Crippen molar-refractivity contribution in [1.82, 2.24) is 0 Å². The summed E-state index contributed by atoms with van der Waals surface area (Å²) in [7, 11) is 0. The van der Waals surface area contributed by atoms with Crippen LogP contribution in [0.2, 0.25) is 0 Å². The Hall–Kier alpha value is -3.51. The summed E-state index contributed by atoms with van der Waals surface area (Å²) in [6, 6.07) is 23.4. The highest BCUT2D eigenvalue weighted by Gasteiger charge is 2.29. The molecule has 0 unspecified atom stereocenters. The zero-order valence-electron chi connectivity index (χ0n) is 16.1. The summed E-state index contributed by atoms with van der Waals surface area (Å²) in [5.41, 5.74) is 2.77. The Bertz CT molecular complexity index is 1190. The van der Waals surface area contributed by atoms with Crippen molar-refractivity contribution in [3.63, 3.8) is 0 Å². The van der Waals surface area contributed by atoms with Crippen molar-refractivity contribution in [2.75, 3.05) is 5.01 Å². The van der Waals surface area contributed by atoms with E-state index >= 15 is 0 Å². The first kappa shape index (κ1) is 19.8. The number of ether oxygens (including phenoxy) is 1. The molecular formula is C24H17BrN2O3. The molecule has 0 saturated carbocycles. The zero-order valence-corrected chi connectivity index (χ0v) is 17.7. The Balaban J connectivity index is 1.64. The molecule has 6 heteroatoms. The molecule has 30 heavy (non-hydrogen) atoms. The van der Waals surface area contributed by atoms with E-state index in [-0.39, 0.29) is 5.91 Å². The summed E-state index contributed by atoms with van der Waals surface area (Å²) in [6.07, 6.45) is 1.70. The van der Waals surface area contributed by atoms with E-state index in [1.807, 2.05) is 42.5 Å². The first-order valence-corrected chi connectivity index (χ1v) is 10.1. The number of para-hydroxylation sites is 2. The largest absolute Gasteiger partial charge is 0.422 e. The molecule has 0 radical (unpaired) electrons. The van der Waals surface area contributed by atoms with Crippen LogP contribution < -0.4 is 9.75 Å². The highest BCUT2D eigenvalue weighted by Crippen LogP contribution is 2.28. The van der Waals surface area contributed by atoms with Crippen LogP contribution in [0.25, 0.3) is 6.08 Å². The van der Waals surface area contributed by atoms with Gasteiger partial charge in [-0.3, -0.25) is 4.79 Å². The van der Waals surface area contributed by atoms with E-state index in [0.29, 0.717) is 38.3 Å². The number of nitrogens with zero attached hydrogens (tertiary/aromatic N) is 2. The molecule has 0 N–H and O–H groups in total. The van der Waals surface area contributed by atoms with Crippen LogP contribution in [0.3, 0.4) is 0 Å². The molecule has 0 aromatic heterocycles. The summed E-state index contributed by atoms with van der Waals surface area (Å²) in [4.78, 5) is 25.6. The lowest BCUT2D eigenvalue weighted by Gasteiger charge is -2.11. The fourth-order valence-electron chi connectivity index (χ4n) is 3.06. The third-order valence-electron chi connectivity index (χ3n) is 4.58. The lowest BCUT2D eigenvalue weighted by molar-refractivity contribution is -0.114. The molecule has 1 amide bonds. The van der Waals surface area contributed by atoms with Crippen molar-refractivity contribution in [3.8, 4) is 5.75 Å². The molecule has 0 fully saturated rings. The second kappa shape index (κ2) is 8.47. The predicted molar refractivity (Wildman–Crippen MR) is 121 cm³/mol. The number of anilines is 1. The Morgan fingerprint density at radius 2 is 1.63 bits per heavy atom. The number of halogens is 1. The van der Waals surface area contributed by atoms with E-state index in [0.717, 1.165) is 0 Å². The maximum Gasteiger partial charge on any atom is 0.344 e. The van der Waals surface area contributed by atoms with Gasteiger partial charge in [-0.15, -0.1) is 0 Å². The van der Waals surface area contributed by atoms with Crippen LogP contribution in [0.1, 0.15) is 22.8 Å². The van der Waals surface area contributed by atoms with Crippen LogP contribution in [0.15, 0.2) is 94.0 Å². The summed E-state index contributed by atoms with van der Waals surface area (Å²) in [5.74, 6) is -0.350. The number of hydrogen-bond donors (Lipinski definition) is 0. The molecule has 4 rings (SSSR count). The average molecular weight is 461 g/mol. The summed E-state index contributed by atoms with van der Waals surface area (Å²) >= 11 is 3.37. The normalized spacial score (nSPS) is 14.7. The van der Waals surface area contributed by atoms with E-state index in [1.54, 1.807) is 49.4 Å². The van der Waals surface area contributed by atoms with Crippen molar-refractivity contribution in [2.24, 2.45) is 5.10 Å². The minimum absolute atomic E-state index is 0.231. The Kier molecular flexibility index (Phi) is 5.59. The minimum Gasteiger partial charge on any atom is -0.422 e. The van der Waals surface area contributed by atoms with Gasteiger partial charge in [-0.2, -0.15) is 10.1 Å². The van der Waals surface area contributed by atoms with Crippen molar-refractivity contribution >= 4 is 45.3 Å². The van der Waals surface area contributed by atoms with Gasteiger partial charge in [0, 0.05) is 10.0 Å². The van der Waals surface area contributed by atoms with E-state index < -0.39 is 5.97 Å². The molecule has 5 nitrogen and oxygen atoms in total. The predicted octanol–water partition coefficient (Wildman–Crippen LogP) is 5.47. The summed E-state index contributed by atoms with van der Waals surface area (Å²) in [5, 5.41) is 5.76. The van der Waals surface area contributed by atoms with Gasteiger partial charge < -0.3 is 4.74 Å². The Labute approximate surface area is 182 Å². The van der Waals surface area contributed by atoms with Crippen LogP contribution in [0.5, 0.6) is 5.75 Å². The second-order valence-corrected chi connectivity index (χ2v) is 7.46. The third kappa shape index (κ3) is 3.95. The lowest BCUT2D eigenvalue weighted by atomic mass is 10.1. The van der Waals surface area contributed by atoms with E-state index in [1.165, 1.54) is 5.01 Å². The van der Waals surface area contributed by atoms with Gasteiger partial charge >= 0.3 is 5.97 Å². The smallest absolute Gasteiger partial charge is 0.344 e. The number of hydrogen-bond acceptors (Lipinski definition) is 4. The van der Waals surface area contributed by atoms with E-state index in [2.05, 4.69) is 21.0 Å². The first-order chi connectivity index (χ1) is 14.5. The maximum absolute atomic E-state index is 12.9. The molecule has 1 aliphatic rings. The monoisotopic (exact) mass is 460 g/mol. The van der Waals surface area contributed by atoms with Gasteiger partial charge in [0.2, 0.25) is 0 Å². The second-order valence-electron chi connectivity index (χ2n) is 6.60. The number of esters is 1. The topological polar surface area (TPSA) is 59.0 Å². The first-order valence-electron chi connectivity index (χ1n) is 9.27. The fraction of sp³-hybridized carbons (Fsp3) is 0.0417. The molecule has 0 bridgehead atoms. The van der Waals surface area contributed by atoms with Crippen molar-refractivity contribution in [3.05, 3.63) is 100 Å². The SMILES string of the molecule is CC1=NN(c2ccccc2)C(=O)/C1=C/c1ccccc1OC(=O)c1ccccc1Br. The van der Waals surface area contributed by atoms with Gasteiger partial charge in [-0.1, -0.05) is 48.5 Å². The molecule has 1 heterocycles. The standard InChI is InChI=1S/C24H17BrN2O3/c1-16-20(23(28)27(26-16)18-10-3-2-4-11-18)15-17-9-5-8-14-22(17)30-24(29)19-12-6-7-13-21(19)25/h2-15H,1H3/b20-15+. The average Bonchev–Trinajstić information content (AvgIpc) is 3.04. The molecule has 0 aliphatic carbocycles. The number of carbonyl (C=O) groups excluding carboxylic acids is 2. The van der Waals surface area contributed by atoms with E-state index in [9.17, 15) is 9.59 Å². The van der Waals surface area contributed by atoms with Gasteiger partial charge in [0.05, 0.1) is 22.5 Å². The minimum atomic E-state index is -0.484. The molecule has 0 saturated heterocycles. The van der Waals surface area contributed by atoms with Gasteiger partial charge in [0.25, 0.3) is 5.91 Å². The molecule has 3 aromatic carbocycles. The molecule has 0 spiro atoms. The van der Waals surface area contributed by atoms with Crippen LogP contribution in [0, 0.1) is 0 Å². The molecule has 0 atom stereocenters. The molecular weight excluding hydrogens is 444 g/mol. The quantitative estimate of drug-likeness (QED) is 0.294. The maximum atomic E-state index is 12.9. The van der Waals surface area contributed by atoms with Crippen LogP contribution >= 0.6 is 15.9 Å². The van der Waals surface area contributed by atoms with Crippen molar-refractivity contribution in [2.45, 2.75) is 6.92 Å². The third-order valence-corrected chi connectivity index (χ3v) is 5.27. The fourth-order valence-corrected chi connectivity index (χ4v) is 3.50. The van der Waals surface area contributed by atoms with Gasteiger partial charge in [0.1, 0.15) is 5.75 Å². The number of rotatable bonds is 4. The molecule has 1 aliphatic heterocycles. The van der Waals surface area contributed by atoms with Crippen LogP contribution in [0.4, 0.5) is 5.69 Å². The van der Waals surface area contributed by atoms with Crippen LogP contribution in [-0.2, 0) is 4.79 Å².